The number of halogens is 3. The summed E-state index contributed by atoms with van der Waals surface area (Å²) in [6.07, 6.45) is -3.40. The molecule has 0 saturated carbocycles. The van der Waals surface area contributed by atoms with Crippen LogP contribution >= 0.6 is 0 Å². The van der Waals surface area contributed by atoms with Gasteiger partial charge in [-0.3, -0.25) is 14.4 Å². The normalized spacial score (nSPS) is 15.0. The van der Waals surface area contributed by atoms with Crippen molar-refractivity contribution < 1.29 is 45.9 Å². The number of sulfonamides is 1. The van der Waals surface area contributed by atoms with E-state index in [1.165, 1.54) is 6.92 Å². The highest BCUT2D eigenvalue weighted by Gasteiger charge is 2.38. The van der Waals surface area contributed by atoms with Gasteiger partial charge >= 0.3 is 12.1 Å². The molecule has 3 amide bonds. The van der Waals surface area contributed by atoms with E-state index in [4.69, 9.17) is 9.90 Å². The first-order valence-corrected chi connectivity index (χ1v) is 15.3. The van der Waals surface area contributed by atoms with E-state index in [9.17, 15) is 36.0 Å². The van der Waals surface area contributed by atoms with Gasteiger partial charge in [-0.1, -0.05) is 66.7 Å². The maximum absolute atomic E-state index is 13.5. The van der Waals surface area contributed by atoms with Crippen molar-refractivity contribution in [1.82, 2.24) is 25.3 Å². The minimum absolute atomic E-state index is 0.0924. The van der Waals surface area contributed by atoms with Gasteiger partial charge in [0.15, 0.2) is 0 Å². The fourth-order valence-corrected chi connectivity index (χ4v) is 5.77. The number of amides is 3. The highest BCUT2D eigenvalue weighted by atomic mass is 32.2. The number of nitrogens with one attached hydrogen (secondary N) is 4. The summed E-state index contributed by atoms with van der Waals surface area (Å²) in [7, 11) is -3.89. The van der Waals surface area contributed by atoms with E-state index in [1.54, 1.807) is 24.3 Å². The maximum Gasteiger partial charge on any atom is 0.490 e. The van der Waals surface area contributed by atoms with Crippen molar-refractivity contribution in [3.63, 3.8) is 0 Å². The summed E-state index contributed by atoms with van der Waals surface area (Å²) in [6, 6.07) is 22.2. The first kappa shape index (κ1) is 34.4. The number of imidazole rings is 1. The molecule has 0 unspecified atom stereocenters. The van der Waals surface area contributed by atoms with Crippen LogP contribution in [0.1, 0.15) is 35.5 Å². The average molecular weight is 672 g/mol. The molecule has 0 spiro atoms. The van der Waals surface area contributed by atoms with Crippen LogP contribution in [0.2, 0.25) is 0 Å². The second-order valence-corrected chi connectivity index (χ2v) is 12.0. The van der Waals surface area contributed by atoms with E-state index in [1.807, 2.05) is 59.3 Å². The highest BCUT2D eigenvalue weighted by molar-refractivity contribution is 7.99. The van der Waals surface area contributed by atoms with Gasteiger partial charge in [0.1, 0.15) is 16.8 Å². The molecule has 1 aliphatic rings. The lowest BCUT2D eigenvalue weighted by atomic mass is 10.0. The molecule has 1 aliphatic heterocycles. The maximum atomic E-state index is 13.5. The van der Waals surface area contributed by atoms with Crippen LogP contribution in [-0.4, -0.2) is 59.4 Å². The van der Waals surface area contributed by atoms with E-state index in [0.717, 1.165) is 28.2 Å². The Morgan fingerprint density at radius 2 is 1.49 bits per heavy atom. The van der Waals surface area contributed by atoms with E-state index >= 15 is 0 Å². The summed E-state index contributed by atoms with van der Waals surface area (Å²) < 4.78 is 58.1. The summed E-state index contributed by atoms with van der Waals surface area (Å²) in [5.41, 5.74) is 3.62. The van der Waals surface area contributed by atoms with Crippen LogP contribution in [0.25, 0.3) is 15.9 Å². The van der Waals surface area contributed by atoms with E-state index in [2.05, 4.69) is 20.6 Å². The second kappa shape index (κ2) is 14.3. The third-order valence-electron chi connectivity index (χ3n) is 6.74. The molecule has 1 aromatic heterocycles. The number of carboxylic acids is 1. The van der Waals surface area contributed by atoms with Crippen LogP contribution in [0.4, 0.5) is 13.2 Å². The monoisotopic (exact) mass is 671 g/mol. The number of H-pyrrole nitrogens is 1. The van der Waals surface area contributed by atoms with E-state index in [0.29, 0.717) is 24.2 Å². The molecule has 246 valence electrons. The van der Waals surface area contributed by atoms with Gasteiger partial charge in [0.2, 0.25) is 11.8 Å². The molecule has 0 fully saturated rings. The van der Waals surface area contributed by atoms with Gasteiger partial charge < -0.3 is 20.7 Å². The third-order valence-corrected chi connectivity index (χ3v) is 8.14. The van der Waals surface area contributed by atoms with Crippen molar-refractivity contribution in [2.75, 3.05) is 0 Å². The molecular weight excluding hydrogens is 643 g/mol. The Balaban J connectivity index is 0.000000644. The van der Waals surface area contributed by atoms with Crippen molar-refractivity contribution >= 4 is 49.7 Å². The van der Waals surface area contributed by atoms with Gasteiger partial charge in [0, 0.05) is 19.4 Å². The Hall–Kier alpha value is -5.51. The SMILES string of the molecule is CC(=O)N[C@@H](Cc1ccccc1)C(=O)N[C@@H](Cc1ccc(C2=CC(=O)NS2(=O)=O)cc1)c1nc2ccccc2[nH]1.O=C(O)C(F)(F)F. The Morgan fingerprint density at radius 3 is 2.04 bits per heavy atom. The molecule has 4 aromatic rings. The largest absolute Gasteiger partial charge is 0.490 e. The lowest BCUT2D eigenvalue weighted by molar-refractivity contribution is -0.192. The summed E-state index contributed by atoms with van der Waals surface area (Å²) >= 11 is 0. The molecule has 0 radical (unpaired) electrons. The first-order valence-electron chi connectivity index (χ1n) is 13.9. The summed E-state index contributed by atoms with van der Waals surface area (Å²) in [6.45, 7) is 1.37. The summed E-state index contributed by atoms with van der Waals surface area (Å²) in [4.78, 5) is 53.8. The van der Waals surface area contributed by atoms with Crippen LogP contribution < -0.4 is 15.4 Å². The van der Waals surface area contributed by atoms with Gasteiger partial charge in [-0.2, -0.15) is 13.2 Å². The van der Waals surface area contributed by atoms with Gasteiger partial charge in [-0.05, 0) is 35.2 Å². The molecule has 0 aliphatic carbocycles. The molecule has 0 bridgehead atoms. The number of carbonyl (C=O) groups is 4. The molecule has 16 heteroatoms. The standard InChI is InChI=1S/C29H27N5O5S.C2HF3O2/c1-18(35)30-25(16-19-7-3-2-4-8-19)29(37)33-24(28-31-22-9-5-6-10-23(22)32-28)15-20-11-13-21(14-12-20)26-17-27(36)34-40(26,38)39;3-2(4,5)1(6)7/h2-14,17,24-25H,15-16H2,1H3,(H,30,35)(H,31,32)(H,33,37)(H,34,36);(H,6,7)/t24-,25-;/m0./s1. The molecule has 5 N–H and O–H groups in total. The number of para-hydroxylation sites is 2. The topological polar surface area (TPSA) is 187 Å². The number of aromatic amines is 1. The van der Waals surface area contributed by atoms with Gasteiger partial charge in [-0.25, -0.2) is 22.9 Å². The number of fused-ring (bicyclic) bond motifs is 1. The van der Waals surface area contributed by atoms with Crippen LogP contribution in [-0.2, 0) is 42.0 Å². The molecular formula is C31H28F3N5O7S. The molecule has 5 rings (SSSR count). The van der Waals surface area contributed by atoms with E-state index in [-0.39, 0.29) is 16.7 Å². The van der Waals surface area contributed by atoms with Crippen LogP contribution in [0, 0.1) is 0 Å². The average Bonchev–Trinajstić information content (AvgIpc) is 3.56. The molecule has 3 aromatic carbocycles. The fraction of sp³-hybridized carbons (Fsp3) is 0.194. The van der Waals surface area contributed by atoms with Gasteiger partial charge in [0.05, 0.1) is 17.1 Å². The van der Waals surface area contributed by atoms with Crippen molar-refractivity contribution in [3.8, 4) is 0 Å². The van der Waals surface area contributed by atoms with Crippen LogP contribution in [0.15, 0.2) is 84.9 Å². The Kier molecular flexibility index (Phi) is 10.4. The Labute approximate surface area is 266 Å². The molecule has 0 saturated heterocycles. The quantitative estimate of drug-likeness (QED) is 0.180. The zero-order valence-corrected chi connectivity index (χ0v) is 25.4. The minimum atomic E-state index is -5.08. The number of alkyl halides is 3. The summed E-state index contributed by atoms with van der Waals surface area (Å²) in [5.74, 6) is -3.59. The number of aromatic nitrogens is 2. The number of nitrogens with zero attached hydrogens (tertiary/aromatic N) is 1. The molecule has 12 nitrogen and oxygen atoms in total. The Bertz CT molecular complexity index is 1890. The number of rotatable bonds is 9. The predicted octanol–water partition coefficient (Wildman–Crippen LogP) is 3.14. The second-order valence-electron chi connectivity index (χ2n) is 10.3. The number of benzene rings is 3. The van der Waals surface area contributed by atoms with Crippen molar-refractivity contribution in [3.05, 3.63) is 107 Å². The first-order chi connectivity index (χ1) is 22.1. The molecule has 2 atom stereocenters. The fourth-order valence-electron chi connectivity index (χ4n) is 4.62. The number of carboxylic acid groups (broad SMARTS) is 1. The van der Waals surface area contributed by atoms with Gasteiger partial charge in [-0.15, -0.1) is 0 Å². The zero-order valence-electron chi connectivity index (χ0n) is 24.5. The van der Waals surface area contributed by atoms with Crippen molar-refractivity contribution in [1.29, 1.82) is 0 Å². The van der Waals surface area contributed by atoms with Crippen molar-refractivity contribution in [2.24, 2.45) is 0 Å². The highest BCUT2D eigenvalue weighted by Crippen LogP contribution is 2.26. The molecule has 2 heterocycles. The lowest BCUT2D eigenvalue weighted by Gasteiger charge is -2.22. The number of aliphatic carboxylic acids is 1. The van der Waals surface area contributed by atoms with Gasteiger partial charge in [0.25, 0.3) is 15.9 Å². The van der Waals surface area contributed by atoms with Crippen LogP contribution in [0.5, 0.6) is 0 Å². The van der Waals surface area contributed by atoms with Crippen molar-refractivity contribution in [2.45, 2.75) is 38.0 Å². The van der Waals surface area contributed by atoms with Crippen LogP contribution in [0.3, 0.4) is 0 Å². The Morgan fingerprint density at radius 1 is 0.894 bits per heavy atom. The number of hydrogen-bond acceptors (Lipinski definition) is 7. The predicted molar refractivity (Wildman–Crippen MR) is 164 cm³/mol. The number of hydrogen-bond donors (Lipinski definition) is 5. The third kappa shape index (κ3) is 9.26. The molecule has 47 heavy (non-hydrogen) atoms. The smallest absolute Gasteiger partial charge is 0.475 e. The summed E-state index contributed by atoms with van der Waals surface area (Å²) in [5, 5.41) is 12.9. The zero-order chi connectivity index (χ0) is 34.4. The lowest BCUT2D eigenvalue weighted by Crippen LogP contribution is -2.48. The van der Waals surface area contributed by atoms with E-state index < -0.39 is 40.2 Å². The minimum Gasteiger partial charge on any atom is -0.475 e. The number of carbonyl (C=O) groups excluding carboxylic acids is 3.